The van der Waals surface area contributed by atoms with E-state index in [9.17, 15) is 4.79 Å². The van der Waals surface area contributed by atoms with Crippen molar-refractivity contribution in [2.24, 2.45) is 10.7 Å². The minimum Gasteiger partial charge on any atom is -1.00 e. The number of likely N-dealkylation sites (N-methyl/N-ethyl adjacent to an activating group) is 1. The van der Waals surface area contributed by atoms with E-state index in [1.54, 1.807) is 11.9 Å². The molecule has 0 bridgehead atoms. The maximum absolute atomic E-state index is 12.7. The highest BCUT2D eigenvalue weighted by Gasteiger charge is 2.42. The van der Waals surface area contributed by atoms with Crippen molar-refractivity contribution in [3.05, 3.63) is 11.5 Å². The summed E-state index contributed by atoms with van der Waals surface area (Å²) in [5, 5.41) is 18.3. The maximum Gasteiger partial charge on any atom is 0.371 e. The lowest BCUT2D eigenvalue weighted by Gasteiger charge is -2.24. The summed E-state index contributed by atoms with van der Waals surface area (Å²) in [4.78, 5) is 21.3. The van der Waals surface area contributed by atoms with E-state index in [0.717, 1.165) is 38.6 Å². The fraction of sp³-hybridized carbons (Fsp3) is 0.667. The van der Waals surface area contributed by atoms with Crippen LogP contribution in [0.4, 0.5) is 0 Å². The number of ether oxygens (including phenoxy) is 1. The molecular formula is C18H30IN5O4. The van der Waals surface area contributed by atoms with Crippen LogP contribution in [-0.4, -0.2) is 78.2 Å². The molecule has 9 nitrogen and oxygen atoms in total. The van der Waals surface area contributed by atoms with E-state index in [-0.39, 0.29) is 55.8 Å². The van der Waals surface area contributed by atoms with Gasteiger partial charge in [0.15, 0.2) is 11.5 Å². The third-order valence-electron chi connectivity index (χ3n) is 4.71. The van der Waals surface area contributed by atoms with Crippen LogP contribution in [-0.2, 0) is 9.53 Å². The number of nitrogens with one attached hydrogen (secondary N) is 1. The van der Waals surface area contributed by atoms with Crippen molar-refractivity contribution in [1.82, 2.24) is 9.80 Å². The Hall–Kier alpha value is -1.39. The minimum absolute atomic E-state index is 0. The first kappa shape index (κ1) is 24.6. The molecule has 0 radical (unpaired) electrons. The molecule has 10 heteroatoms. The van der Waals surface area contributed by atoms with Crippen LogP contribution in [0.5, 0.6) is 0 Å². The van der Waals surface area contributed by atoms with E-state index >= 15 is 0 Å². The molecule has 0 aromatic heterocycles. The number of aliphatic hydroxyl groups is 2. The summed E-state index contributed by atoms with van der Waals surface area (Å²) < 4.78 is 5.51. The van der Waals surface area contributed by atoms with Crippen LogP contribution in [0.1, 0.15) is 32.1 Å². The second kappa shape index (κ2) is 12.2. The molecule has 2 rings (SSSR count). The number of amides is 1. The predicted octanol–water partition coefficient (Wildman–Crippen LogP) is -4.98. The molecular weight excluding hydrogens is 477 g/mol. The number of aliphatic imine (C=N–C) groups is 1. The van der Waals surface area contributed by atoms with Gasteiger partial charge in [-0.15, -0.1) is 12.3 Å². The summed E-state index contributed by atoms with van der Waals surface area (Å²) in [6.45, 7) is 0.716. The van der Waals surface area contributed by atoms with Gasteiger partial charge in [0.1, 0.15) is 12.8 Å². The van der Waals surface area contributed by atoms with Crippen molar-refractivity contribution in [2.75, 3.05) is 40.2 Å². The van der Waals surface area contributed by atoms with Crippen LogP contribution in [0.3, 0.4) is 0 Å². The highest BCUT2D eigenvalue weighted by molar-refractivity contribution is 5.96. The number of nitrogens with zero attached hydrogens (tertiary/aromatic N) is 3. The van der Waals surface area contributed by atoms with E-state index in [0.29, 0.717) is 23.1 Å². The third kappa shape index (κ3) is 6.05. The molecule has 2 heterocycles. The van der Waals surface area contributed by atoms with Crippen molar-refractivity contribution in [3.8, 4) is 12.3 Å². The molecule has 1 unspecified atom stereocenters. The average molecular weight is 507 g/mol. The van der Waals surface area contributed by atoms with E-state index in [4.69, 9.17) is 27.1 Å². The van der Waals surface area contributed by atoms with E-state index in [2.05, 4.69) is 10.9 Å². The summed E-state index contributed by atoms with van der Waals surface area (Å²) in [6, 6.07) is 0. The molecule has 0 saturated carbocycles. The van der Waals surface area contributed by atoms with Crippen LogP contribution in [0.2, 0.25) is 0 Å². The van der Waals surface area contributed by atoms with E-state index in [1.807, 2.05) is 4.90 Å². The Bertz CT molecular complexity index is 630. The van der Waals surface area contributed by atoms with Gasteiger partial charge in [-0.25, -0.2) is 9.69 Å². The number of nitrogens with two attached hydrogens (primary N) is 1. The zero-order valence-corrected chi connectivity index (χ0v) is 18.4. The summed E-state index contributed by atoms with van der Waals surface area (Å²) in [5.74, 6) is 3.22. The molecule has 1 atom stereocenters. The number of guanidine groups is 1. The summed E-state index contributed by atoms with van der Waals surface area (Å²) in [6.07, 6.45) is 9.45. The number of unbranched alkanes of at least 4 members (excludes halogenated alkanes) is 4. The third-order valence-corrected chi connectivity index (χ3v) is 4.71. The molecule has 0 aliphatic carbocycles. The minimum atomic E-state index is -0.673. The lowest BCUT2D eigenvalue weighted by atomic mass is 10.1. The Labute approximate surface area is 183 Å². The number of hydrogen-bond acceptors (Lipinski definition) is 8. The summed E-state index contributed by atoms with van der Waals surface area (Å²) in [7, 11) is 1.68. The van der Waals surface area contributed by atoms with Gasteiger partial charge in [0, 0.05) is 13.0 Å². The standard InChI is InChI=1S/C18H29N5O4.HI/c1-3-4-5-6-7-8-9-22-12-23(13-27-14(10-24)11-25)16-15(22)17(26)21(2)18(19)20-16;/h1,14,24-25H,4-13H2,2H3,(H2,19,20);1H. The van der Waals surface area contributed by atoms with Gasteiger partial charge in [-0.1, -0.05) is 12.8 Å². The predicted molar refractivity (Wildman–Crippen MR) is 99.8 cm³/mol. The van der Waals surface area contributed by atoms with Crippen LogP contribution in [0.25, 0.3) is 0 Å². The maximum atomic E-state index is 12.7. The van der Waals surface area contributed by atoms with Crippen molar-refractivity contribution >= 4 is 11.9 Å². The second-order valence-electron chi connectivity index (χ2n) is 6.72. The highest BCUT2D eigenvalue weighted by atomic mass is 127. The fourth-order valence-electron chi connectivity index (χ4n) is 3.02. The number of hydrogen-bond donors (Lipinski definition) is 4. The molecule has 158 valence electrons. The largest absolute Gasteiger partial charge is 1.00 e. The van der Waals surface area contributed by atoms with Gasteiger partial charge in [0.25, 0.3) is 0 Å². The van der Waals surface area contributed by atoms with E-state index < -0.39 is 6.10 Å². The van der Waals surface area contributed by atoms with Gasteiger partial charge in [0.05, 0.1) is 26.9 Å². The number of quaternary nitrogens is 1. The smallest absolute Gasteiger partial charge is 0.371 e. The van der Waals surface area contributed by atoms with Crippen molar-refractivity contribution in [3.63, 3.8) is 0 Å². The van der Waals surface area contributed by atoms with Crippen LogP contribution in [0, 0.1) is 12.3 Å². The zero-order valence-electron chi connectivity index (χ0n) is 16.2. The van der Waals surface area contributed by atoms with Gasteiger partial charge >= 0.3 is 11.9 Å². The highest BCUT2D eigenvalue weighted by Crippen LogP contribution is 2.26. The monoisotopic (exact) mass is 507 g/mol. The Morgan fingerprint density at radius 2 is 1.96 bits per heavy atom. The number of carbonyl (C=O) groups excluding carboxylic acids is 1. The number of carbonyl (C=O) groups is 1. The molecule has 0 saturated heterocycles. The SMILES string of the molecule is C#CCCCCCCN1CN(COC(CO)CO)C2=C1C(=O)[NH+](C)C(N)=N2.[I-]. The summed E-state index contributed by atoms with van der Waals surface area (Å²) >= 11 is 0. The number of halogens is 1. The first-order chi connectivity index (χ1) is 13.0. The molecule has 2 aliphatic rings. The van der Waals surface area contributed by atoms with Crippen molar-refractivity contribution < 1.29 is 48.6 Å². The normalized spacial score (nSPS) is 18.9. The molecule has 0 aromatic carbocycles. The summed E-state index contributed by atoms with van der Waals surface area (Å²) in [5.41, 5.74) is 6.42. The fourth-order valence-corrected chi connectivity index (χ4v) is 3.02. The quantitative estimate of drug-likeness (QED) is 0.126. The van der Waals surface area contributed by atoms with Crippen LogP contribution in [0.15, 0.2) is 16.5 Å². The lowest BCUT2D eigenvalue weighted by molar-refractivity contribution is -0.696. The topological polar surface area (TPSA) is 116 Å². The molecule has 0 fully saturated rings. The van der Waals surface area contributed by atoms with Crippen LogP contribution >= 0.6 is 0 Å². The Morgan fingerprint density at radius 3 is 2.61 bits per heavy atom. The second-order valence-corrected chi connectivity index (χ2v) is 6.72. The van der Waals surface area contributed by atoms with Crippen molar-refractivity contribution in [2.45, 2.75) is 38.2 Å². The molecule has 0 spiro atoms. The van der Waals surface area contributed by atoms with Gasteiger partial charge in [-0.3, -0.25) is 0 Å². The molecule has 0 aromatic rings. The zero-order chi connectivity index (χ0) is 19.8. The molecule has 28 heavy (non-hydrogen) atoms. The first-order valence-corrected chi connectivity index (χ1v) is 9.27. The average Bonchev–Trinajstić information content (AvgIpc) is 3.01. The molecule has 2 aliphatic heterocycles. The van der Waals surface area contributed by atoms with E-state index in [1.165, 1.54) is 0 Å². The Balaban J connectivity index is 0.00000392. The van der Waals surface area contributed by atoms with Gasteiger partial charge in [0.2, 0.25) is 0 Å². The molecule has 1 amide bonds. The number of aliphatic hydroxyl groups excluding tert-OH is 2. The van der Waals surface area contributed by atoms with Crippen molar-refractivity contribution in [1.29, 1.82) is 0 Å². The first-order valence-electron chi connectivity index (χ1n) is 9.27. The van der Waals surface area contributed by atoms with Gasteiger partial charge < -0.3 is 54.5 Å². The Kier molecular flexibility index (Phi) is 10.8. The van der Waals surface area contributed by atoms with Gasteiger partial charge in [-0.2, -0.15) is 4.99 Å². The van der Waals surface area contributed by atoms with Gasteiger partial charge in [-0.05, 0) is 12.8 Å². The molecule has 5 N–H and O–H groups in total. The number of terminal acetylenes is 1. The Morgan fingerprint density at radius 1 is 1.29 bits per heavy atom. The lowest BCUT2D eigenvalue weighted by Crippen LogP contribution is -3.16. The number of rotatable bonds is 11. The van der Waals surface area contributed by atoms with Crippen LogP contribution < -0.4 is 34.6 Å².